The van der Waals surface area contributed by atoms with Crippen LogP contribution < -0.4 is 11.1 Å². The van der Waals surface area contributed by atoms with E-state index in [1.807, 2.05) is 20.8 Å². The van der Waals surface area contributed by atoms with Crippen LogP contribution in [0.4, 0.5) is 11.8 Å². The Balaban J connectivity index is 2.62. The van der Waals surface area contributed by atoms with Crippen molar-refractivity contribution < 1.29 is 9.84 Å². The summed E-state index contributed by atoms with van der Waals surface area (Å²) in [5.41, 5.74) is 6.08. The maximum Gasteiger partial charge on any atom is 0.245 e. The van der Waals surface area contributed by atoms with E-state index in [1.54, 1.807) is 0 Å². The molecule has 1 heterocycles. The third kappa shape index (κ3) is 4.42. The largest absolute Gasteiger partial charge is 0.394 e. The summed E-state index contributed by atoms with van der Waals surface area (Å²) in [6.07, 6.45) is 0.703. The number of nitrogens with one attached hydrogen (secondary N) is 1. The lowest BCUT2D eigenvalue weighted by Gasteiger charge is -2.25. The zero-order valence-electron chi connectivity index (χ0n) is 11.1. The lowest BCUT2D eigenvalue weighted by Crippen LogP contribution is -2.37. The Hall–Kier alpha value is -1.47. The van der Waals surface area contributed by atoms with Crippen molar-refractivity contribution >= 4 is 11.8 Å². The van der Waals surface area contributed by atoms with Crippen molar-refractivity contribution in [1.82, 2.24) is 15.2 Å². The van der Waals surface area contributed by atoms with Crippen LogP contribution >= 0.6 is 0 Å². The normalized spacial score (nSPS) is 11.6. The summed E-state index contributed by atoms with van der Waals surface area (Å²) in [6.45, 7) is 6.57. The zero-order valence-corrected chi connectivity index (χ0v) is 11.1. The standard InChI is InChI=1S/C11H21N5O2/c1-4-8-9(12)13-10(16-15-8)14-11(2,3)7-18-6-5-17/h17H,4-7H2,1-3H3,(H3,12,13,14,16). The van der Waals surface area contributed by atoms with Crippen LogP contribution in [0.1, 0.15) is 26.5 Å². The second-order valence-electron chi connectivity index (χ2n) is 4.61. The van der Waals surface area contributed by atoms with Gasteiger partial charge in [0.05, 0.1) is 25.4 Å². The number of anilines is 2. The Morgan fingerprint density at radius 1 is 1.39 bits per heavy atom. The minimum absolute atomic E-state index is 0.00623. The molecule has 0 atom stereocenters. The van der Waals surface area contributed by atoms with Gasteiger partial charge in [-0.1, -0.05) is 6.92 Å². The van der Waals surface area contributed by atoms with Gasteiger partial charge < -0.3 is 20.9 Å². The first-order valence-corrected chi connectivity index (χ1v) is 5.94. The highest BCUT2D eigenvalue weighted by Gasteiger charge is 2.19. The molecule has 0 amide bonds. The van der Waals surface area contributed by atoms with Crippen LogP contribution in [0.25, 0.3) is 0 Å². The number of nitrogens with zero attached hydrogens (tertiary/aromatic N) is 3. The van der Waals surface area contributed by atoms with Crippen molar-refractivity contribution in [3.05, 3.63) is 5.69 Å². The minimum Gasteiger partial charge on any atom is -0.394 e. The molecular formula is C11H21N5O2. The second-order valence-corrected chi connectivity index (χ2v) is 4.61. The van der Waals surface area contributed by atoms with Crippen molar-refractivity contribution in [2.75, 3.05) is 30.9 Å². The number of aliphatic hydroxyl groups is 1. The SMILES string of the molecule is CCc1nnc(NC(C)(C)COCCO)nc1N. The summed E-state index contributed by atoms with van der Waals surface area (Å²) >= 11 is 0. The maximum atomic E-state index is 8.65. The number of hydrogen-bond acceptors (Lipinski definition) is 7. The molecule has 0 unspecified atom stereocenters. The van der Waals surface area contributed by atoms with Gasteiger partial charge in [0, 0.05) is 0 Å². The van der Waals surface area contributed by atoms with Gasteiger partial charge in [-0.05, 0) is 20.3 Å². The summed E-state index contributed by atoms with van der Waals surface area (Å²) in [7, 11) is 0. The Morgan fingerprint density at radius 3 is 2.67 bits per heavy atom. The van der Waals surface area contributed by atoms with E-state index in [-0.39, 0.29) is 12.1 Å². The molecule has 1 aromatic rings. The van der Waals surface area contributed by atoms with Gasteiger partial charge in [0.25, 0.3) is 0 Å². The summed E-state index contributed by atoms with van der Waals surface area (Å²) in [5, 5.41) is 19.7. The molecule has 18 heavy (non-hydrogen) atoms. The first-order chi connectivity index (χ1) is 8.48. The van der Waals surface area contributed by atoms with Crippen molar-refractivity contribution in [1.29, 1.82) is 0 Å². The Labute approximate surface area is 107 Å². The fourth-order valence-electron chi connectivity index (χ4n) is 1.40. The van der Waals surface area contributed by atoms with Gasteiger partial charge in [0.2, 0.25) is 5.95 Å². The predicted molar refractivity (Wildman–Crippen MR) is 69.2 cm³/mol. The smallest absolute Gasteiger partial charge is 0.245 e. The topological polar surface area (TPSA) is 106 Å². The highest BCUT2D eigenvalue weighted by molar-refractivity contribution is 5.40. The fraction of sp³-hybridized carbons (Fsp3) is 0.727. The summed E-state index contributed by atoms with van der Waals surface area (Å²) in [6, 6.07) is 0. The molecule has 1 rings (SSSR count). The third-order valence-corrected chi connectivity index (χ3v) is 2.27. The molecule has 0 saturated heterocycles. The van der Waals surface area contributed by atoms with E-state index in [4.69, 9.17) is 15.6 Å². The van der Waals surface area contributed by atoms with Crippen LogP contribution in [-0.4, -0.2) is 45.6 Å². The number of rotatable bonds is 7. The van der Waals surface area contributed by atoms with Crippen molar-refractivity contribution in [3.63, 3.8) is 0 Å². The molecule has 1 aromatic heterocycles. The van der Waals surface area contributed by atoms with Gasteiger partial charge in [-0.15, -0.1) is 10.2 Å². The molecule has 0 aliphatic heterocycles. The number of hydrogen-bond donors (Lipinski definition) is 3. The molecule has 0 aliphatic rings. The van der Waals surface area contributed by atoms with E-state index < -0.39 is 0 Å². The van der Waals surface area contributed by atoms with E-state index in [1.165, 1.54) is 0 Å². The van der Waals surface area contributed by atoms with Crippen LogP contribution in [-0.2, 0) is 11.2 Å². The quantitative estimate of drug-likeness (QED) is 0.598. The van der Waals surface area contributed by atoms with Crippen LogP contribution in [0.2, 0.25) is 0 Å². The van der Waals surface area contributed by atoms with Crippen molar-refractivity contribution in [2.45, 2.75) is 32.7 Å². The average molecular weight is 255 g/mol. The maximum absolute atomic E-state index is 8.65. The number of nitrogen functional groups attached to an aromatic ring is 1. The second kappa shape index (κ2) is 6.46. The number of nitrogens with two attached hydrogens (primary N) is 1. The van der Waals surface area contributed by atoms with E-state index in [9.17, 15) is 0 Å². The van der Waals surface area contributed by atoms with Gasteiger partial charge >= 0.3 is 0 Å². The number of ether oxygens (including phenoxy) is 1. The highest BCUT2D eigenvalue weighted by atomic mass is 16.5. The molecule has 0 fully saturated rings. The van der Waals surface area contributed by atoms with Gasteiger partial charge in [0.15, 0.2) is 5.82 Å². The first-order valence-electron chi connectivity index (χ1n) is 5.94. The molecule has 0 spiro atoms. The zero-order chi connectivity index (χ0) is 13.6. The molecule has 7 nitrogen and oxygen atoms in total. The van der Waals surface area contributed by atoms with Crippen molar-refractivity contribution in [3.8, 4) is 0 Å². The first kappa shape index (κ1) is 14.6. The molecule has 0 bridgehead atoms. The number of aryl methyl sites for hydroxylation is 1. The van der Waals surface area contributed by atoms with Gasteiger partial charge in [0.1, 0.15) is 5.69 Å². The van der Waals surface area contributed by atoms with Crippen molar-refractivity contribution in [2.24, 2.45) is 0 Å². The Bertz CT molecular complexity index is 384. The molecule has 0 radical (unpaired) electrons. The van der Waals surface area contributed by atoms with E-state index >= 15 is 0 Å². The molecular weight excluding hydrogens is 234 g/mol. The van der Waals surface area contributed by atoms with Crippen LogP contribution in [0.15, 0.2) is 0 Å². The summed E-state index contributed by atoms with van der Waals surface area (Å²) < 4.78 is 5.28. The average Bonchev–Trinajstić information content (AvgIpc) is 2.29. The molecule has 0 aromatic carbocycles. The van der Waals surface area contributed by atoms with Crippen LogP contribution in [0, 0.1) is 0 Å². The molecule has 102 valence electrons. The number of aromatic nitrogens is 3. The summed E-state index contributed by atoms with van der Waals surface area (Å²) in [4.78, 5) is 4.15. The Morgan fingerprint density at radius 2 is 2.11 bits per heavy atom. The van der Waals surface area contributed by atoms with E-state index in [0.717, 1.165) is 0 Å². The fourth-order valence-corrected chi connectivity index (χ4v) is 1.40. The Kier molecular flexibility index (Phi) is 5.24. The third-order valence-electron chi connectivity index (χ3n) is 2.27. The lowest BCUT2D eigenvalue weighted by molar-refractivity contribution is 0.0708. The monoisotopic (exact) mass is 255 g/mol. The van der Waals surface area contributed by atoms with Gasteiger partial charge in [-0.25, -0.2) is 0 Å². The highest BCUT2D eigenvalue weighted by Crippen LogP contribution is 2.13. The molecule has 4 N–H and O–H groups in total. The molecule has 0 aliphatic carbocycles. The predicted octanol–water partition coefficient (Wildman–Crippen LogP) is 0.216. The van der Waals surface area contributed by atoms with Crippen LogP contribution in [0.3, 0.4) is 0 Å². The minimum atomic E-state index is -0.364. The lowest BCUT2D eigenvalue weighted by atomic mass is 10.1. The van der Waals surface area contributed by atoms with Gasteiger partial charge in [-0.3, -0.25) is 0 Å². The van der Waals surface area contributed by atoms with Gasteiger partial charge in [-0.2, -0.15) is 4.98 Å². The van der Waals surface area contributed by atoms with Crippen LogP contribution in [0.5, 0.6) is 0 Å². The summed E-state index contributed by atoms with van der Waals surface area (Å²) in [5.74, 6) is 0.768. The molecule has 7 heteroatoms. The molecule has 0 saturated carbocycles. The van der Waals surface area contributed by atoms with E-state index in [2.05, 4.69) is 20.5 Å². The number of aliphatic hydroxyl groups excluding tert-OH is 1. The van der Waals surface area contributed by atoms with E-state index in [0.29, 0.717) is 37.1 Å².